The zero-order chi connectivity index (χ0) is 17.2. The van der Waals surface area contributed by atoms with Gasteiger partial charge in [-0.15, -0.1) is 23.2 Å². The largest absolute Gasteiger partial charge is 0.493 e. The van der Waals surface area contributed by atoms with Crippen molar-refractivity contribution in [1.82, 2.24) is 4.90 Å². The summed E-state index contributed by atoms with van der Waals surface area (Å²) in [5.74, 6) is 2.42. The van der Waals surface area contributed by atoms with Crippen molar-refractivity contribution in [3.63, 3.8) is 0 Å². The third kappa shape index (κ3) is 5.75. The first-order valence-electron chi connectivity index (χ1n) is 7.28. The van der Waals surface area contributed by atoms with Crippen molar-refractivity contribution in [3.05, 3.63) is 17.7 Å². The van der Waals surface area contributed by atoms with E-state index >= 15 is 0 Å². The van der Waals surface area contributed by atoms with E-state index in [0.717, 1.165) is 0 Å². The molecule has 0 aliphatic carbocycles. The Hall–Kier alpha value is -1.17. The summed E-state index contributed by atoms with van der Waals surface area (Å²) in [6.45, 7) is 2.02. The number of carbonyl (C=O) groups is 1. The Labute approximate surface area is 147 Å². The van der Waals surface area contributed by atoms with E-state index in [1.165, 1.54) is 21.3 Å². The van der Waals surface area contributed by atoms with Crippen LogP contribution in [0.25, 0.3) is 0 Å². The number of ketones is 1. The Morgan fingerprint density at radius 2 is 1.48 bits per heavy atom. The maximum atomic E-state index is 12.4. The van der Waals surface area contributed by atoms with Gasteiger partial charge in [-0.1, -0.05) is 0 Å². The molecule has 0 amide bonds. The lowest BCUT2D eigenvalue weighted by molar-refractivity contribution is 0.0966. The zero-order valence-electron chi connectivity index (χ0n) is 13.7. The molecule has 0 atom stereocenters. The highest BCUT2D eigenvalue weighted by molar-refractivity contribution is 6.18. The van der Waals surface area contributed by atoms with Gasteiger partial charge in [0.2, 0.25) is 5.75 Å². The minimum absolute atomic E-state index is 0.00148. The molecule has 0 saturated heterocycles. The molecule has 0 aliphatic rings. The van der Waals surface area contributed by atoms with Crippen LogP contribution in [0, 0.1) is 0 Å². The van der Waals surface area contributed by atoms with Gasteiger partial charge in [0.25, 0.3) is 0 Å². The van der Waals surface area contributed by atoms with Gasteiger partial charge in [0.1, 0.15) is 0 Å². The van der Waals surface area contributed by atoms with E-state index in [1.807, 2.05) is 0 Å². The monoisotopic (exact) mass is 363 g/mol. The van der Waals surface area contributed by atoms with E-state index in [4.69, 9.17) is 37.4 Å². The van der Waals surface area contributed by atoms with Crippen LogP contribution < -0.4 is 14.2 Å². The lowest BCUT2D eigenvalue weighted by atomic mass is 10.1. The van der Waals surface area contributed by atoms with E-state index in [0.29, 0.717) is 60.6 Å². The van der Waals surface area contributed by atoms with Gasteiger partial charge in [0, 0.05) is 43.4 Å². The van der Waals surface area contributed by atoms with E-state index in [9.17, 15) is 4.79 Å². The molecule has 0 fully saturated rings. The number of hydrogen-bond acceptors (Lipinski definition) is 5. The molecular weight excluding hydrogens is 341 g/mol. The summed E-state index contributed by atoms with van der Waals surface area (Å²) in [5, 5.41) is 0. The number of ether oxygens (including phenoxy) is 3. The highest BCUT2D eigenvalue weighted by Gasteiger charge is 2.17. The second-order valence-corrected chi connectivity index (χ2v) is 5.56. The predicted molar refractivity (Wildman–Crippen MR) is 92.9 cm³/mol. The van der Waals surface area contributed by atoms with Crippen LogP contribution in [0.5, 0.6) is 17.2 Å². The number of methoxy groups -OCH3 is 3. The molecular formula is C16H23Cl2NO4. The van der Waals surface area contributed by atoms with Crippen molar-refractivity contribution in [1.29, 1.82) is 0 Å². The third-order valence-electron chi connectivity index (χ3n) is 3.44. The van der Waals surface area contributed by atoms with Gasteiger partial charge in [0.05, 0.1) is 21.3 Å². The zero-order valence-corrected chi connectivity index (χ0v) is 15.2. The van der Waals surface area contributed by atoms with Gasteiger partial charge in [-0.3, -0.25) is 4.79 Å². The molecule has 0 saturated carbocycles. The molecule has 0 heterocycles. The Morgan fingerprint density at radius 3 is 1.87 bits per heavy atom. The smallest absolute Gasteiger partial charge is 0.203 e. The Bertz CT molecular complexity index is 480. The van der Waals surface area contributed by atoms with Crippen LogP contribution in [0.3, 0.4) is 0 Å². The normalized spacial score (nSPS) is 10.7. The summed E-state index contributed by atoms with van der Waals surface area (Å²) < 4.78 is 15.8. The van der Waals surface area contributed by atoms with Crippen LogP contribution >= 0.6 is 23.2 Å². The minimum atomic E-state index is -0.00148. The first kappa shape index (κ1) is 19.9. The summed E-state index contributed by atoms with van der Waals surface area (Å²) in [5.41, 5.74) is 0.524. The van der Waals surface area contributed by atoms with Crippen molar-refractivity contribution >= 4 is 29.0 Å². The van der Waals surface area contributed by atoms with Gasteiger partial charge in [-0.05, 0) is 12.1 Å². The second kappa shape index (κ2) is 10.6. The number of alkyl halides is 2. The molecule has 130 valence electrons. The minimum Gasteiger partial charge on any atom is -0.493 e. The molecule has 1 rings (SSSR count). The van der Waals surface area contributed by atoms with Gasteiger partial charge in [-0.2, -0.15) is 0 Å². The van der Waals surface area contributed by atoms with Crippen LogP contribution in [0.1, 0.15) is 16.8 Å². The Balaban J connectivity index is 2.86. The van der Waals surface area contributed by atoms with E-state index in [2.05, 4.69) is 4.90 Å². The number of rotatable bonds is 11. The van der Waals surface area contributed by atoms with Crippen LogP contribution in [0.15, 0.2) is 12.1 Å². The fraction of sp³-hybridized carbons (Fsp3) is 0.562. The average Bonchev–Trinajstić information content (AvgIpc) is 2.58. The molecule has 23 heavy (non-hydrogen) atoms. The lowest BCUT2D eigenvalue weighted by Crippen LogP contribution is -2.30. The summed E-state index contributed by atoms with van der Waals surface area (Å²) in [6, 6.07) is 3.33. The van der Waals surface area contributed by atoms with E-state index < -0.39 is 0 Å². The number of halogens is 2. The molecule has 5 nitrogen and oxygen atoms in total. The van der Waals surface area contributed by atoms with Crippen LogP contribution in [-0.2, 0) is 0 Å². The second-order valence-electron chi connectivity index (χ2n) is 4.81. The molecule has 0 spiro atoms. The fourth-order valence-corrected chi connectivity index (χ4v) is 2.70. The molecule has 1 aromatic rings. The molecule has 0 unspecified atom stereocenters. The SMILES string of the molecule is COc1cc(C(=O)CCN(CCCl)CCCl)cc(OC)c1OC. The highest BCUT2D eigenvalue weighted by atomic mass is 35.5. The number of hydrogen-bond donors (Lipinski definition) is 0. The van der Waals surface area contributed by atoms with Gasteiger partial charge >= 0.3 is 0 Å². The quantitative estimate of drug-likeness (QED) is 0.446. The molecule has 7 heteroatoms. The molecule has 0 radical (unpaired) electrons. The summed E-state index contributed by atoms with van der Waals surface area (Å²) in [4.78, 5) is 14.5. The van der Waals surface area contributed by atoms with Gasteiger partial charge < -0.3 is 19.1 Å². The number of carbonyl (C=O) groups excluding carboxylic acids is 1. The maximum absolute atomic E-state index is 12.4. The molecule has 0 N–H and O–H groups in total. The maximum Gasteiger partial charge on any atom is 0.203 e. The summed E-state index contributed by atoms with van der Waals surface area (Å²) in [6.07, 6.45) is 0.367. The average molecular weight is 364 g/mol. The van der Waals surface area contributed by atoms with Crippen LogP contribution in [0.2, 0.25) is 0 Å². The molecule has 0 aliphatic heterocycles. The van der Waals surface area contributed by atoms with Crippen molar-refractivity contribution in [2.45, 2.75) is 6.42 Å². The van der Waals surface area contributed by atoms with E-state index in [1.54, 1.807) is 12.1 Å². The topological polar surface area (TPSA) is 48.0 Å². The molecule has 1 aromatic carbocycles. The first-order chi connectivity index (χ1) is 11.1. The van der Waals surface area contributed by atoms with Crippen molar-refractivity contribution < 1.29 is 19.0 Å². The van der Waals surface area contributed by atoms with E-state index in [-0.39, 0.29) is 5.78 Å². The van der Waals surface area contributed by atoms with Crippen LogP contribution in [0.4, 0.5) is 0 Å². The molecule has 0 bridgehead atoms. The lowest BCUT2D eigenvalue weighted by Gasteiger charge is -2.19. The predicted octanol–water partition coefficient (Wildman–Crippen LogP) is 3.06. The summed E-state index contributed by atoms with van der Waals surface area (Å²) in [7, 11) is 4.57. The Morgan fingerprint density at radius 1 is 0.957 bits per heavy atom. The van der Waals surface area contributed by atoms with Gasteiger partial charge in [0.15, 0.2) is 17.3 Å². The fourth-order valence-electron chi connectivity index (χ4n) is 2.22. The highest BCUT2D eigenvalue weighted by Crippen LogP contribution is 2.38. The van der Waals surface area contributed by atoms with Crippen molar-refractivity contribution in [3.8, 4) is 17.2 Å². The molecule has 0 aromatic heterocycles. The van der Waals surface area contributed by atoms with Crippen molar-refractivity contribution in [2.75, 3.05) is 52.7 Å². The number of benzene rings is 1. The van der Waals surface area contributed by atoms with Crippen molar-refractivity contribution in [2.24, 2.45) is 0 Å². The van der Waals surface area contributed by atoms with Crippen LogP contribution in [-0.4, -0.2) is 63.4 Å². The van der Waals surface area contributed by atoms with Gasteiger partial charge in [-0.25, -0.2) is 0 Å². The number of Topliss-reactive ketones (excluding diaryl/α,β-unsaturated/α-hetero) is 1. The standard InChI is InChI=1S/C16H23Cl2NO4/c1-21-14-10-12(11-15(22-2)16(14)23-3)13(20)4-7-19(8-5-17)9-6-18/h10-11H,4-9H2,1-3H3. The first-order valence-corrected chi connectivity index (χ1v) is 8.35. The third-order valence-corrected chi connectivity index (χ3v) is 3.78. The number of nitrogens with zero attached hydrogens (tertiary/aromatic N) is 1. The summed E-state index contributed by atoms with van der Waals surface area (Å²) >= 11 is 11.5. The Kier molecular flexibility index (Phi) is 9.14.